The van der Waals surface area contributed by atoms with Gasteiger partial charge in [0.05, 0.1) is 4.92 Å². The van der Waals surface area contributed by atoms with E-state index in [0.29, 0.717) is 11.5 Å². The molecule has 6 rings (SSSR count). The van der Waals surface area contributed by atoms with Crippen molar-refractivity contribution < 1.29 is 14.1 Å². The molecule has 4 saturated carbocycles. The Morgan fingerprint density at radius 3 is 2.33 bits per heavy atom. The van der Waals surface area contributed by atoms with Crippen LogP contribution in [0.2, 0.25) is 0 Å². The van der Waals surface area contributed by atoms with Crippen LogP contribution in [-0.2, 0) is 12.0 Å². The van der Waals surface area contributed by atoms with Crippen molar-refractivity contribution in [2.45, 2.75) is 64.4 Å². The number of nitrogens with zero attached hydrogens (tertiary/aromatic N) is 1. The third-order valence-electron chi connectivity index (χ3n) is 7.68. The Balaban J connectivity index is 1.52. The lowest BCUT2D eigenvalue weighted by atomic mass is 9.39. The van der Waals surface area contributed by atoms with Crippen LogP contribution in [0.5, 0.6) is 5.75 Å². The Labute approximate surface area is 176 Å². The van der Waals surface area contributed by atoms with Gasteiger partial charge in [0.2, 0.25) is 0 Å². The minimum Gasteiger partial charge on any atom is -0.482 e. The third kappa shape index (κ3) is 3.19. The van der Waals surface area contributed by atoms with Crippen molar-refractivity contribution in [1.82, 2.24) is 0 Å². The molecule has 158 valence electrons. The van der Waals surface area contributed by atoms with E-state index in [1.54, 1.807) is 0 Å². The average Bonchev–Trinajstić information content (AvgIpc) is 2.64. The van der Waals surface area contributed by atoms with Gasteiger partial charge in [-0.25, -0.2) is 4.39 Å². The summed E-state index contributed by atoms with van der Waals surface area (Å²) in [5, 5.41) is 11.9. The normalized spacial score (nSPS) is 34.2. The Kier molecular flexibility index (Phi) is 4.25. The number of nitro groups is 1. The Bertz CT molecular complexity index is 987. The molecule has 4 aliphatic carbocycles. The molecule has 0 saturated heterocycles. The lowest BCUT2D eigenvalue weighted by molar-refractivity contribution is -0.386. The molecule has 0 radical (unpaired) electrons. The standard InChI is InChI=1S/C25H28FNO3/c1-23-10-18-11-24(2,14-23)16-25(12-18,15-23)19-8-21(27(28)29)22(9-20(19)26)30-13-17-6-4-3-5-7-17/h3-9,18H,10-16H2,1-2H3. The van der Waals surface area contributed by atoms with Crippen LogP contribution >= 0.6 is 0 Å². The predicted octanol–water partition coefficient (Wildman–Crippen LogP) is 6.56. The molecule has 2 atom stereocenters. The van der Waals surface area contributed by atoms with Gasteiger partial charge >= 0.3 is 5.69 Å². The van der Waals surface area contributed by atoms with Crippen molar-refractivity contribution in [1.29, 1.82) is 0 Å². The Morgan fingerprint density at radius 1 is 1.07 bits per heavy atom. The fourth-order valence-electron chi connectivity index (χ4n) is 7.69. The van der Waals surface area contributed by atoms with Gasteiger partial charge in [0.25, 0.3) is 0 Å². The average molecular weight is 410 g/mol. The van der Waals surface area contributed by atoms with E-state index in [0.717, 1.165) is 24.8 Å². The Hall–Kier alpha value is -2.43. The maximum absolute atomic E-state index is 15.5. The van der Waals surface area contributed by atoms with Crippen molar-refractivity contribution in [2.24, 2.45) is 16.7 Å². The molecule has 2 aromatic carbocycles. The van der Waals surface area contributed by atoms with Gasteiger partial charge in [0.1, 0.15) is 12.4 Å². The summed E-state index contributed by atoms with van der Waals surface area (Å²) in [6.07, 6.45) is 6.37. The smallest absolute Gasteiger partial charge is 0.311 e. The van der Waals surface area contributed by atoms with Gasteiger partial charge in [-0.3, -0.25) is 10.1 Å². The highest BCUT2D eigenvalue weighted by atomic mass is 19.1. The van der Waals surface area contributed by atoms with Gasteiger partial charge in [0.15, 0.2) is 5.75 Å². The SMILES string of the molecule is CC12CC3CC(C)(C1)CC(c1cc([N+](=O)[O-])c(OCc4ccccc4)cc1F)(C3)C2. The topological polar surface area (TPSA) is 52.4 Å². The molecule has 5 heteroatoms. The number of halogens is 1. The van der Waals surface area contributed by atoms with Crippen molar-refractivity contribution in [3.63, 3.8) is 0 Å². The quantitative estimate of drug-likeness (QED) is 0.415. The van der Waals surface area contributed by atoms with Gasteiger partial charge in [-0.15, -0.1) is 0 Å². The minimum atomic E-state index is -0.437. The second-order valence-electron chi connectivity index (χ2n) is 10.7. The zero-order valence-electron chi connectivity index (χ0n) is 17.6. The first-order valence-corrected chi connectivity index (χ1v) is 10.8. The molecule has 4 aliphatic rings. The molecule has 4 nitrogen and oxygen atoms in total. The molecule has 4 bridgehead atoms. The van der Waals surface area contributed by atoms with Crippen LogP contribution in [0.25, 0.3) is 0 Å². The fraction of sp³-hybridized carbons (Fsp3) is 0.520. The first-order chi connectivity index (χ1) is 14.2. The first-order valence-electron chi connectivity index (χ1n) is 10.8. The summed E-state index contributed by atoms with van der Waals surface area (Å²) in [7, 11) is 0. The summed E-state index contributed by atoms with van der Waals surface area (Å²) < 4.78 is 21.2. The van der Waals surface area contributed by atoms with Crippen LogP contribution in [-0.4, -0.2) is 4.92 Å². The third-order valence-corrected chi connectivity index (χ3v) is 7.68. The molecule has 0 aliphatic heterocycles. The highest BCUT2D eigenvalue weighted by Crippen LogP contribution is 2.70. The molecule has 30 heavy (non-hydrogen) atoms. The van der Waals surface area contributed by atoms with Gasteiger partial charge in [-0.1, -0.05) is 44.2 Å². The fourth-order valence-corrected chi connectivity index (χ4v) is 7.69. The van der Waals surface area contributed by atoms with E-state index in [-0.39, 0.29) is 40.1 Å². The molecular formula is C25H28FNO3. The van der Waals surface area contributed by atoms with Crippen LogP contribution in [0.3, 0.4) is 0 Å². The highest BCUT2D eigenvalue weighted by molar-refractivity contribution is 5.52. The first kappa shape index (κ1) is 19.5. The molecule has 0 N–H and O–H groups in total. The van der Waals surface area contributed by atoms with E-state index < -0.39 is 4.92 Å². The number of benzene rings is 2. The summed E-state index contributed by atoms with van der Waals surface area (Å²) in [4.78, 5) is 11.4. The van der Waals surface area contributed by atoms with Gasteiger partial charge in [-0.05, 0) is 66.3 Å². The molecule has 2 unspecified atom stereocenters. The van der Waals surface area contributed by atoms with Crippen molar-refractivity contribution in [3.05, 3.63) is 69.5 Å². The summed E-state index contributed by atoms with van der Waals surface area (Å²) >= 11 is 0. The van der Waals surface area contributed by atoms with Crippen LogP contribution in [0.15, 0.2) is 42.5 Å². The van der Waals surface area contributed by atoms with Crippen LogP contribution in [0, 0.1) is 32.7 Å². The maximum Gasteiger partial charge on any atom is 0.311 e. The van der Waals surface area contributed by atoms with Gasteiger partial charge in [-0.2, -0.15) is 0 Å². The lowest BCUT2D eigenvalue weighted by Gasteiger charge is -2.65. The minimum absolute atomic E-state index is 0.00672. The van der Waals surface area contributed by atoms with Gasteiger partial charge < -0.3 is 4.74 Å². The highest BCUT2D eigenvalue weighted by Gasteiger charge is 2.61. The summed E-state index contributed by atoms with van der Waals surface area (Å²) in [6.45, 7) is 4.83. The van der Waals surface area contributed by atoms with E-state index >= 15 is 4.39 Å². The molecule has 0 spiro atoms. The van der Waals surface area contributed by atoms with E-state index in [4.69, 9.17) is 4.74 Å². The summed E-state index contributed by atoms with van der Waals surface area (Å²) in [6, 6.07) is 12.2. The Morgan fingerprint density at radius 2 is 1.73 bits per heavy atom. The van der Waals surface area contributed by atoms with Crippen LogP contribution < -0.4 is 4.74 Å². The monoisotopic (exact) mass is 409 g/mol. The van der Waals surface area contributed by atoms with Crippen molar-refractivity contribution >= 4 is 5.69 Å². The molecule has 2 aromatic rings. The maximum atomic E-state index is 15.5. The van der Waals surface area contributed by atoms with E-state index in [1.165, 1.54) is 31.4 Å². The molecule has 0 heterocycles. The molecule has 0 aromatic heterocycles. The van der Waals surface area contributed by atoms with Gasteiger partial charge in [0, 0.05) is 17.7 Å². The largest absolute Gasteiger partial charge is 0.482 e. The van der Waals surface area contributed by atoms with Crippen LogP contribution in [0.1, 0.15) is 63.5 Å². The molecule has 4 fully saturated rings. The number of rotatable bonds is 5. The second kappa shape index (κ2) is 6.53. The number of nitro benzene ring substituents is 1. The second-order valence-corrected chi connectivity index (χ2v) is 10.7. The van der Waals surface area contributed by atoms with E-state index in [1.807, 2.05) is 30.3 Å². The predicted molar refractivity (Wildman–Crippen MR) is 113 cm³/mol. The zero-order chi connectivity index (χ0) is 21.1. The molecule has 0 amide bonds. The summed E-state index contributed by atoms with van der Waals surface area (Å²) in [5.74, 6) is 0.230. The molecular weight excluding hydrogens is 381 g/mol. The van der Waals surface area contributed by atoms with E-state index in [9.17, 15) is 10.1 Å². The lowest BCUT2D eigenvalue weighted by Crippen LogP contribution is -2.57. The van der Waals surface area contributed by atoms with Crippen molar-refractivity contribution in [3.8, 4) is 5.75 Å². The number of hydrogen-bond acceptors (Lipinski definition) is 3. The zero-order valence-corrected chi connectivity index (χ0v) is 17.6. The summed E-state index contributed by atoms with van der Waals surface area (Å²) in [5.41, 5.74) is 1.40. The van der Waals surface area contributed by atoms with E-state index in [2.05, 4.69) is 13.8 Å². The number of ether oxygens (including phenoxy) is 1. The van der Waals surface area contributed by atoms with Crippen LogP contribution in [0.4, 0.5) is 10.1 Å². The number of hydrogen-bond donors (Lipinski definition) is 0. The van der Waals surface area contributed by atoms with Crippen molar-refractivity contribution in [2.75, 3.05) is 0 Å².